The van der Waals surface area contributed by atoms with Crippen molar-refractivity contribution in [3.8, 4) is 0 Å². The van der Waals surface area contributed by atoms with Crippen LogP contribution in [-0.2, 0) is 4.79 Å². The zero-order chi connectivity index (χ0) is 13.3. The number of aliphatic carboxylic acids is 1. The Morgan fingerprint density at radius 2 is 2.06 bits per heavy atom. The average Bonchev–Trinajstić information content (AvgIpc) is 2.27. The van der Waals surface area contributed by atoms with Gasteiger partial charge >= 0.3 is 5.97 Å². The van der Waals surface area contributed by atoms with Gasteiger partial charge in [0.25, 0.3) is 0 Å². The number of carboxylic acids is 1. The summed E-state index contributed by atoms with van der Waals surface area (Å²) in [4.78, 5) is 15.3. The molecular formula is C14H16N2O2. The van der Waals surface area contributed by atoms with Gasteiger partial charge in [0.05, 0.1) is 5.52 Å². The number of fused-ring (bicyclic) bond motifs is 1. The number of pyridine rings is 1. The Morgan fingerprint density at radius 1 is 1.33 bits per heavy atom. The molecule has 2 aromatic rings. The van der Waals surface area contributed by atoms with E-state index in [0.29, 0.717) is 5.82 Å². The maximum absolute atomic E-state index is 10.8. The fraction of sp³-hybridized carbons (Fsp3) is 0.286. The van der Waals surface area contributed by atoms with Crippen LogP contribution < -0.4 is 5.32 Å². The Kier molecular flexibility index (Phi) is 3.19. The van der Waals surface area contributed by atoms with Crippen molar-refractivity contribution < 1.29 is 9.90 Å². The summed E-state index contributed by atoms with van der Waals surface area (Å²) in [5, 5.41) is 12.9. The first-order chi connectivity index (χ1) is 8.47. The van der Waals surface area contributed by atoms with Crippen LogP contribution in [0, 0.1) is 13.8 Å². The summed E-state index contributed by atoms with van der Waals surface area (Å²) in [6.07, 6.45) is 0. The number of nitrogens with one attached hydrogen (secondary N) is 1. The van der Waals surface area contributed by atoms with Gasteiger partial charge in [-0.3, -0.25) is 4.79 Å². The van der Waals surface area contributed by atoms with E-state index >= 15 is 0 Å². The predicted octanol–water partition coefficient (Wildman–Crippen LogP) is 2.74. The number of aromatic nitrogens is 1. The van der Waals surface area contributed by atoms with Crippen LogP contribution in [0.5, 0.6) is 0 Å². The highest BCUT2D eigenvalue weighted by atomic mass is 16.4. The molecule has 0 saturated carbocycles. The Balaban J connectivity index is 2.44. The fourth-order valence-corrected chi connectivity index (χ4v) is 1.87. The molecule has 2 N–H and O–H groups in total. The SMILES string of the molecule is Cc1ccc2c(C)cc(NC(C)C(=O)O)nc2c1. The minimum atomic E-state index is -0.890. The number of hydrogen-bond donors (Lipinski definition) is 2. The second kappa shape index (κ2) is 4.64. The van der Waals surface area contributed by atoms with Gasteiger partial charge in [-0.25, -0.2) is 4.98 Å². The number of rotatable bonds is 3. The van der Waals surface area contributed by atoms with Crippen LogP contribution in [0.3, 0.4) is 0 Å². The zero-order valence-corrected chi connectivity index (χ0v) is 10.7. The van der Waals surface area contributed by atoms with Crippen molar-refractivity contribution in [2.45, 2.75) is 26.8 Å². The molecule has 1 unspecified atom stereocenters. The van der Waals surface area contributed by atoms with E-state index in [4.69, 9.17) is 5.11 Å². The number of anilines is 1. The quantitative estimate of drug-likeness (QED) is 0.871. The van der Waals surface area contributed by atoms with Crippen molar-refractivity contribution in [3.63, 3.8) is 0 Å². The molecular weight excluding hydrogens is 228 g/mol. The number of benzene rings is 1. The maximum Gasteiger partial charge on any atom is 0.325 e. The van der Waals surface area contributed by atoms with E-state index in [9.17, 15) is 4.79 Å². The van der Waals surface area contributed by atoms with Gasteiger partial charge in [-0.15, -0.1) is 0 Å². The summed E-state index contributed by atoms with van der Waals surface area (Å²) >= 11 is 0. The fourth-order valence-electron chi connectivity index (χ4n) is 1.87. The minimum Gasteiger partial charge on any atom is -0.480 e. The molecule has 0 aliphatic carbocycles. The zero-order valence-electron chi connectivity index (χ0n) is 10.7. The lowest BCUT2D eigenvalue weighted by Gasteiger charge is -2.12. The second-order valence-electron chi connectivity index (χ2n) is 4.55. The van der Waals surface area contributed by atoms with E-state index in [1.807, 2.05) is 38.1 Å². The van der Waals surface area contributed by atoms with Crippen molar-refractivity contribution in [3.05, 3.63) is 35.4 Å². The third kappa shape index (κ3) is 2.42. The van der Waals surface area contributed by atoms with E-state index in [1.54, 1.807) is 6.92 Å². The summed E-state index contributed by atoms with van der Waals surface area (Å²) in [6.45, 7) is 5.60. The van der Waals surface area contributed by atoms with Gasteiger partial charge in [0.15, 0.2) is 0 Å². The molecule has 0 aliphatic rings. The molecule has 1 heterocycles. The standard InChI is InChI=1S/C14H16N2O2/c1-8-4-5-11-9(2)7-13(16-12(11)6-8)15-10(3)14(17)18/h4-7,10H,1-3H3,(H,15,16)(H,17,18). The van der Waals surface area contributed by atoms with Gasteiger partial charge in [0.1, 0.15) is 11.9 Å². The minimum absolute atomic E-state index is 0.598. The molecule has 0 aliphatic heterocycles. The van der Waals surface area contributed by atoms with E-state index in [2.05, 4.69) is 10.3 Å². The van der Waals surface area contributed by atoms with Crippen molar-refractivity contribution in [2.75, 3.05) is 5.32 Å². The van der Waals surface area contributed by atoms with Gasteiger partial charge in [0, 0.05) is 5.39 Å². The number of carbonyl (C=O) groups is 1. The maximum atomic E-state index is 10.8. The molecule has 1 aromatic carbocycles. The lowest BCUT2D eigenvalue weighted by Crippen LogP contribution is -2.25. The molecule has 0 amide bonds. The topological polar surface area (TPSA) is 62.2 Å². The van der Waals surface area contributed by atoms with Gasteiger partial charge in [-0.2, -0.15) is 0 Å². The highest BCUT2D eigenvalue weighted by molar-refractivity contribution is 5.85. The molecule has 94 valence electrons. The third-order valence-electron chi connectivity index (χ3n) is 2.91. The van der Waals surface area contributed by atoms with Gasteiger partial charge in [-0.05, 0) is 44.0 Å². The van der Waals surface area contributed by atoms with Gasteiger partial charge < -0.3 is 10.4 Å². The monoisotopic (exact) mass is 244 g/mol. The Morgan fingerprint density at radius 3 is 2.72 bits per heavy atom. The second-order valence-corrected chi connectivity index (χ2v) is 4.55. The summed E-state index contributed by atoms with van der Waals surface area (Å²) in [7, 11) is 0. The molecule has 0 bridgehead atoms. The molecule has 2 rings (SSSR count). The van der Waals surface area contributed by atoms with Crippen LogP contribution >= 0.6 is 0 Å². The summed E-state index contributed by atoms with van der Waals surface area (Å²) in [5.74, 6) is -0.292. The number of nitrogens with zero attached hydrogens (tertiary/aromatic N) is 1. The molecule has 0 fully saturated rings. The largest absolute Gasteiger partial charge is 0.480 e. The van der Waals surface area contributed by atoms with Crippen LogP contribution in [0.25, 0.3) is 10.9 Å². The number of hydrogen-bond acceptors (Lipinski definition) is 3. The molecule has 0 saturated heterocycles. The van der Waals surface area contributed by atoms with E-state index in [-0.39, 0.29) is 0 Å². The van der Waals surface area contributed by atoms with Crippen LogP contribution in [0.4, 0.5) is 5.82 Å². The molecule has 4 heteroatoms. The van der Waals surface area contributed by atoms with E-state index in [1.165, 1.54) is 0 Å². The van der Waals surface area contributed by atoms with Crippen molar-refractivity contribution in [1.29, 1.82) is 0 Å². The Hall–Kier alpha value is -2.10. The van der Waals surface area contributed by atoms with Crippen molar-refractivity contribution >= 4 is 22.7 Å². The van der Waals surface area contributed by atoms with Crippen LogP contribution in [0.1, 0.15) is 18.1 Å². The summed E-state index contributed by atoms with van der Waals surface area (Å²) in [6, 6.07) is 7.30. The first-order valence-electron chi connectivity index (χ1n) is 5.85. The highest BCUT2D eigenvalue weighted by Gasteiger charge is 2.11. The molecule has 1 atom stereocenters. The summed E-state index contributed by atoms with van der Waals surface area (Å²) < 4.78 is 0. The first-order valence-corrected chi connectivity index (χ1v) is 5.85. The Bertz CT molecular complexity index is 608. The van der Waals surface area contributed by atoms with Crippen LogP contribution in [0.15, 0.2) is 24.3 Å². The highest BCUT2D eigenvalue weighted by Crippen LogP contribution is 2.21. The lowest BCUT2D eigenvalue weighted by atomic mass is 10.1. The van der Waals surface area contributed by atoms with Crippen LogP contribution in [-0.4, -0.2) is 22.1 Å². The summed E-state index contributed by atoms with van der Waals surface area (Å²) in [5.41, 5.74) is 3.10. The third-order valence-corrected chi connectivity index (χ3v) is 2.91. The van der Waals surface area contributed by atoms with Crippen LogP contribution in [0.2, 0.25) is 0 Å². The van der Waals surface area contributed by atoms with Crippen molar-refractivity contribution in [2.24, 2.45) is 0 Å². The van der Waals surface area contributed by atoms with Gasteiger partial charge in [-0.1, -0.05) is 12.1 Å². The molecule has 4 nitrogen and oxygen atoms in total. The van der Waals surface area contributed by atoms with E-state index < -0.39 is 12.0 Å². The normalized spacial score (nSPS) is 12.4. The number of carboxylic acid groups (broad SMARTS) is 1. The molecule has 0 spiro atoms. The molecule has 1 aromatic heterocycles. The average molecular weight is 244 g/mol. The lowest BCUT2D eigenvalue weighted by molar-refractivity contribution is -0.137. The van der Waals surface area contributed by atoms with Crippen molar-refractivity contribution in [1.82, 2.24) is 4.98 Å². The molecule has 18 heavy (non-hydrogen) atoms. The number of aryl methyl sites for hydroxylation is 2. The predicted molar refractivity (Wildman–Crippen MR) is 71.9 cm³/mol. The van der Waals surface area contributed by atoms with E-state index in [0.717, 1.165) is 22.0 Å². The Labute approximate surface area is 106 Å². The van der Waals surface area contributed by atoms with Gasteiger partial charge in [0.2, 0.25) is 0 Å². The smallest absolute Gasteiger partial charge is 0.325 e. The molecule has 0 radical (unpaired) electrons. The first kappa shape index (κ1) is 12.4.